The normalized spacial score (nSPS) is 12.1. The average molecular weight is 495 g/mol. The van der Waals surface area contributed by atoms with Gasteiger partial charge in [-0.05, 0) is 62.6 Å². The second-order valence-electron chi connectivity index (χ2n) is 10.0. The van der Waals surface area contributed by atoms with Gasteiger partial charge in [-0.15, -0.1) is 0 Å². The first-order valence-corrected chi connectivity index (χ1v) is 12.5. The van der Waals surface area contributed by atoms with Gasteiger partial charge in [0.05, 0.1) is 17.6 Å². The van der Waals surface area contributed by atoms with E-state index in [4.69, 9.17) is 10.5 Å². The van der Waals surface area contributed by atoms with Crippen LogP contribution in [0.2, 0.25) is 0 Å². The molecule has 1 amide bonds. The van der Waals surface area contributed by atoms with Crippen LogP contribution in [0.3, 0.4) is 0 Å². The predicted octanol–water partition coefficient (Wildman–Crippen LogP) is 6.12. The van der Waals surface area contributed by atoms with Gasteiger partial charge in [-0.2, -0.15) is 0 Å². The molecule has 1 atom stereocenters. The first-order valence-electron chi connectivity index (χ1n) is 12.5. The first-order chi connectivity index (χ1) is 17.8. The number of amides is 1. The molecule has 0 aliphatic heterocycles. The number of nitrogens with two attached hydrogens (primary N) is 1. The summed E-state index contributed by atoms with van der Waals surface area (Å²) in [7, 11) is 0. The highest BCUT2D eigenvalue weighted by Gasteiger charge is 2.26. The highest BCUT2D eigenvalue weighted by atomic mass is 16.6. The average Bonchev–Trinajstić information content (AvgIpc) is 2.89. The zero-order valence-electron chi connectivity index (χ0n) is 21.7. The molecule has 0 bridgehead atoms. The maximum atomic E-state index is 13.1. The lowest BCUT2D eigenvalue weighted by molar-refractivity contribution is 0.0168. The second kappa shape index (κ2) is 11.8. The lowest BCUT2D eigenvalue weighted by Gasteiger charge is -2.31. The zero-order valence-corrected chi connectivity index (χ0v) is 21.7. The quantitative estimate of drug-likeness (QED) is 0.299. The van der Waals surface area contributed by atoms with Crippen molar-refractivity contribution in [2.45, 2.75) is 45.4 Å². The highest BCUT2D eigenvalue weighted by molar-refractivity contribution is 5.68. The third kappa shape index (κ3) is 7.48. The number of nitrogens with zero attached hydrogens (tertiary/aromatic N) is 3. The van der Waals surface area contributed by atoms with Crippen molar-refractivity contribution < 1.29 is 9.53 Å². The third-order valence-corrected chi connectivity index (χ3v) is 5.94. The Morgan fingerprint density at radius 3 is 1.78 bits per heavy atom. The van der Waals surface area contributed by atoms with E-state index in [9.17, 15) is 4.79 Å². The number of carbonyl (C=O) groups is 1. The fourth-order valence-electron chi connectivity index (χ4n) is 4.04. The van der Waals surface area contributed by atoms with E-state index in [1.165, 1.54) is 0 Å². The van der Waals surface area contributed by atoms with Crippen molar-refractivity contribution in [2.24, 2.45) is 5.73 Å². The number of aromatic nitrogens is 2. The van der Waals surface area contributed by atoms with Gasteiger partial charge in [0, 0.05) is 36.5 Å². The highest BCUT2D eigenvalue weighted by Crippen LogP contribution is 2.20. The molecule has 2 aromatic heterocycles. The topological polar surface area (TPSA) is 81.3 Å². The number of hydrogen-bond acceptors (Lipinski definition) is 5. The molecule has 1 unspecified atom stereocenters. The van der Waals surface area contributed by atoms with Gasteiger partial charge in [0.1, 0.15) is 5.60 Å². The number of hydrogen-bond donors (Lipinski definition) is 1. The molecular formula is C31H34N4O2. The largest absolute Gasteiger partial charge is 0.444 e. The van der Waals surface area contributed by atoms with Crippen LogP contribution in [-0.4, -0.2) is 39.3 Å². The summed E-state index contributed by atoms with van der Waals surface area (Å²) < 4.78 is 5.69. The van der Waals surface area contributed by atoms with E-state index in [0.29, 0.717) is 19.4 Å². The van der Waals surface area contributed by atoms with Gasteiger partial charge in [-0.1, -0.05) is 60.7 Å². The molecular weight excluding hydrogens is 460 g/mol. The molecule has 6 heteroatoms. The molecule has 2 N–H and O–H groups in total. The van der Waals surface area contributed by atoms with Crippen molar-refractivity contribution in [3.8, 4) is 22.5 Å². The molecule has 37 heavy (non-hydrogen) atoms. The van der Waals surface area contributed by atoms with E-state index >= 15 is 0 Å². The smallest absolute Gasteiger partial charge is 0.411 e. The Morgan fingerprint density at radius 1 is 0.811 bits per heavy atom. The number of benzene rings is 2. The predicted molar refractivity (Wildman–Crippen MR) is 148 cm³/mol. The summed E-state index contributed by atoms with van der Waals surface area (Å²) >= 11 is 0. The van der Waals surface area contributed by atoms with E-state index in [-0.39, 0.29) is 0 Å². The maximum Gasteiger partial charge on any atom is 0.411 e. The summed E-state index contributed by atoms with van der Waals surface area (Å²) in [6, 6.07) is 28.1. The molecule has 0 aliphatic carbocycles. The van der Waals surface area contributed by atoms with E-state index in [1.54, 1.807) is 17.3 Å². The standard InChI is InChI=1S/C31H34N4O2/c1-31(2,3)37-30(36)35(21-18-23-10-14-25(15-11-23)27-8-4-6-19-33-27)29(32)22-24-12-16-26(17-13-24)28-9-5-7-20-34-28/h4-17,19-20,29H,18,21-22,32H2,1-3H3. The van der Waals surface area contributed by atoms with E-state index in [2.05, 4.69) is 34.2 Å². The molecule has 4 rings (SSSR count). The molecule has 0 saturated heterocycles. The number of rotatable bonds is 8. The number of ether oxygens (including phenoxy) is 1. The molecule has 6 nitrogen and oxygen atoms in total. The van der Waals surface area contributed by atoms with Gasteiger partial charge < -0.3 is 10.5 Å². The van der Waals surface area contributed by atoms with Crippen LogP contribution in [0.15, 0.2) is 97.3 Å². The van der Waals surface area contributed by atoms with Gasteiger partial charge in [0.2, 0.25) is 0 Å². The fourth-order valence-corrected chi connectivity index (χ4v) is 4.04. The Bertz CT molecular complexity index is 1270. The van der Waals surface area contributed by atoms with Crippen LogP contribution in [0.5, 0.6) is 0 Å². The van der Waals surface area contributed by atoms with Gasteiger partial charge in [-0.25, -0.2) is 4.79 Å². The Morgan fingerprint density at radius 2 is 1.32 bits per heavy atom. The van der Waals surface area contributed by atoms with E-state index < -0.39 is 17.9 Å². The molecule has 2 heterocycles. The van der Waals surface area contributed by atoms with Gasteiger partial charge in [0.25, 0.3) is 0 Å². The minimum atomic E-state index is -0.607. The molecule has 190 valence electrons. The summed E-state index contributed by atoms with van der Waals surface area (Å²) in [5.41, 5.74) is 12.1. The Labute approximate surface area is 219 Å². The van der Waals surface area contributed by atoms with Crippen molar-refractivity contribution in [3.05, 3.63) is 108 Å². The zero-order chi connectivity index (χ0) is 26.3. The molecule has 0 radical (unpaired) electrons. The summed E-state index contributed by atoms with van der Waals surface area (Å²) in [6.45, 7) is 6.04. The van der Waals surface area contributed by atoms with Crippen molar-refractivity contribution in [1.29, 1.82) is 0 Å². The summed E-state index contributed by atoms with van der Waals surface area (Å²) in [4.78, 5) is 23.5. The second-order valence-corrected chi connectivity index (χ2v) is 10.0. The van der Waals surface area contributed by atoms with E-state index in [1.807, 2.05) is 81.4 Å². The number of pyridine rings is 2. The van der Waals surface area contributed by atoms with Crippen molar-refractivity contribution >= 4 is 6.09 Å². The maximum absolute atomic E-state index is 13.1. The summed E-state index contributed by atoms with van der Waals surface area (Å²) in [5.74, 6) is 0. The van der Waals surface area contributed by atoms with Crippen LogP contribution in [0.25, 0.3) is 22.5 Å². The molecule has 2 aromatic carbocycles. The van der Waals surface area contributed by atoms with Crippen LogP contribution < -0.4 is 5.73 Å². The molecule has 0 saturated carbocycles. The van der Waals surface area contributed by atoms with Crippen LogP contribution in [-0.2, 0) is 17.6 Å². The molecule has 0 spiro atoms. The first kappa shape index (κ1) is 26.0. The Kier molecular flexibility index (Phi) is 8.31. The lowest BCUT2D eigenvalue weighted by Crippen LogP contribution is -2.49. The van der Waals surface area contributed by atoms with Crippen LogP contribution in [0.4, 0.5) is 4.79 Å². The monoisotopic (exact) mass is 494 g/mol. The van der Waals surface area contributed by atoms with Crippen LogP contribution >= 0.6 is 0 Å². The van der Waals surface area contributed by atoms with Gasteiger partial charge in [-0.3, -0.25) is 14.9 Å². The molecule has 0 fully saturated rings. The summed E-state index contributed by atoms with van der Waals surface area (Å²) in [6.07, 6.45) is 3.81. The van der Waals surface area contributed by atoms with Crippen LogP contribution in [0.1, 0.15) is 31.9 Å². The van der Waals surface area contributed by atoms with Crippen molar-refractivity contribution in [2.75, 3.05) is 6.54 Å². The molecule has 0 aliphatic rings. The van der Waals surface area contributed by atoms with Gasteiger partial charge >= 0.3 is 6.09 Å². The van der Waals surface area contributed by atoms with E-state index in [0.717, 1.165) is 33.6 Å². The third-order valence-electron chi connectivity index (χ3n) is 5.94. The SMILES string of the molecule is CC(C)(C)OC(=O)N(CCc1ccc(-c2ccccn2)cc1)C(N)Cc1ccc(-c2ccccn2)cc1. The Hall–Kier alpha value is -4.03. The minimum absolute atomic E-state index is 0.407. The fraction of sp³-hybridized carbons (Fsp3) is 0.258. The van der Waals surface area contributed by atoms with Gasteiger partial charge in [0.15, 0.2) is 0 Å². The Balaban J connectivity index is 1.44. The summed E-state index contributed by atoms with van der Waals surface area (Å²) in [5, 5.41) is 0. The van der Waals surface area contributed by atoms with Crippen LogP contribution in [0, 0.1) is 0 Å². The lowest BCUT2D eigenvalue weighted by atomic mass is 10.0. The molecule has 4 aromatic rings. The van der Waals surface area contributed by atoms with Crippen molar-refractivity contribution in [3.63, 3.8) is 0 Å². The van der Waals surface area contributed by atoms with Crippen molar-refractivity contribution in [1.82, 2.24) is 14.9 Å². The number of carbonyl (C=O) groups excluding carboxylic acids is 1. The minimum Gasteiger partial charge on any atom is -0.444 e.